The Kier molecular flexibility index (Phi) is 4.80. The fourth-order valence-electron chi connectivity index (χ4n) is 1.92. The number of nitrogens with one attached hydrogen (secondary N) is 2. The van der Waals surface area contributed by atoms with Crippen LogP contribution in [-0.2, 0) is 16.0 Å². The van der Waals surface area contributed by atoms with Crippen LogP contribution in [0.3, 0.4) is 0 Å². The molecule has 2 amide bonds. The number of phenolic OH excluding ortho intramolecular Hbond substituents is 1. The third kappa shape index (κ3) is 4.75. The molecule has 21 heavy (non-hydrogen) atoms. The lowest BCUT2D eigenvalue weighted by Gasteiger charge is -2.17. The molecule has 0 radical (unpaired) electrons. The highest BCUT2D eigenvalue weighted by Crippen LogP contribution is 2.18. The van der Waals surface area contributed by atoms with Crippen molar-refractivity contribution in [3.63, 3.8) is 0 Å². The lowest BCUT2D eigenvalue weighted by atomic mass is 10.1. The second-order valence-corrected chi connectivity index (χ2v) is 5.49. The van der Waals surface area contributed by atoms with Gasteiger partial charge in [-0.1, -0.05) is 12.1 Å². The van der Waals surface area contributed by atoms with Crippen molar-refractivity contribution in [2.45, 2.75) is 44.3 Å². The first-order chi connectivity index (χ1) is 9.95. The number of benzene rings is 1. The summed E-state index contributed by atoms with van der Waals surface area (Å²) < 4.78 is 0. The molecule has 6 nitrogen and oxygen atoms in total. The minimum atomic E-state index is -0.731. The Morgan fingerprint density at radius 3 is 2.48 bits per heavy atom. The second-order valence-electron chi connectivity index (χ2n) is 5.49. The van der Waals surface area contributed by atoms with Crippen molar-refractivity contribution < 1.29 is 14.7 Å². The van der Waals surface area contributed by atoms with E-state index in [1.54, 1.807) is 31.2 Å². The topological polar surface area (TPSA) is 104 Å². The van der Waals surface area contributed by atoms with Gasteiger partial charge < -0.3 is 21.5 Å². The Labute approximate surface area is 123 Å². The molecule has 2 rings (SSSR count). The van der Waals surface area contributed by atoms with Gasteiger partial charge in [-0.25, -0.2) is 0 Å². The zero-order valence-electron chi connectivity index (χ0n) is 12.0. The molecule has 1 aromatic rings. The number of aromatic hydroxyl groups is 1. The summed E-state index contributed by atoms with van der Waals surface area (Å²) in [5, 5.41) is 14.7. The molecule has 0 heterocycles. The average molecular weight is 291 g/mol. The number of carbonyl (C=O) groups is 2. The summed E-state index contributed by atoms with van der Waals surface area (Å²) in [7, 11) is 0. The Hall–Kier alpha value is -2.08. The number of hydrogen-bond donors (Lipinski definition) is 4. The predicted octanol–water partition coefficient (Wildman–Crippen LogP) is 0.0453. The van der Waals surface area contributed by atoms with Crippen LogP contribution in [0.4, 0.5) is 0 Å². The molecule has 0 aromatic heterocycles. The van der Waals surface area contributed by atoms with E-state index in [-0.39, 0.29) is 23.6 Å². The molecule has 0 aliphatic heterocycles. The summed E-state index contributed by atoms with van der Waals surface area (Å²) in [4.78, 5) is 23.7. The molecule has 1 aromatic carbocycles. The first-order valence-electron chi connectivity index (χ1n) is 7.10. The second kappa shape index (κ2) is 6.58. The van der Waals surface area contributed by atoms with Gasteiger partial charge in [0.05, 0.1) is 6.04 Å². The van der Waals surface area contributed by atoms with Gasteiger partial charge in [-0.15, -0.1) is 0 Å². The maximum atomic E-state index is 12.0. The van der Waals surface area contributed by atoms with Crippen LogP contribution in [0.25, 0.3) is 0 Å². The summed E-state index contributed by atoms with van der Waals surface area (Å²) in [6.45, 7) is 1.64. The minimum Gasteiger partial charge on any atom is -0.508 e. The molecule has 1 aliphatic carbocycles. The summed E-state index contributed by atoms with van der Waals surface area (Å²) in [5.41, 5.74) is 6.70. The number of carbonyl (C=O) groups excluding carboxylic acids is 2. The molecule has 5 N–H and O–H groups in total. The van der Waals surface area contributed by atoms with Crippen LogP contribution in [0.15, 0.2) is 24.3 Å². The standard InChI is InChI=1S/C15H21N3O3/c1-9(14(20)18-11-4-5-11)17-15(21)13(16)8-10-2-6-12(19)7-3-10/h2-3,6-7,9,11,13,19H,4-5,8,16H2,1H3,(H,17,21)(H,18,20). The number of phenols is 1. The lowest BCUT2D eigenvalue weighted by molar-refractivity contribution is -0.129. The van der Waals surface area contributed by atoms with Crippen LogP contribution >= 0.6 is 0 Å². The van der Waals surface area contributed by atoms with Crippen molar-refractivity contribution >= 4 is 11.8 Å². The van der Waals surface area contributed by atoms with E-state index in [0.29, 0.717) is 6.42 Å². The molecule has 0 spiro atoms. The molecule has 2 unspecified atom stereocenters. The Morgan fingerprint density at radius 2 is 1.90 bits per heavy atom. The van der Waals surface area contributed by atoms with E-state index < -0.39 is 12.1 Å². The first kappa shape index (κ1) is 15.3. The van der Waals surface area contributed by atoms with E-state index in [2.05, 4.69) is 10.6 Å². The van der Waals surface area contributed by atoms with Crippen LogP contribution in [0.5, 0.6) is 5.75 Å². The fraction of sp³-hybridized carbons (Fsp3) is 0.467. The molecule has 2 atom stereocenters. The molecule has 114 valence electrons. The highest BCUT2D eigenvalue weighted by molar-refractivity contribution is 5.89. The third-order valence-corrected chi connectivity index (χ3v) is 3.40. The Bertz CT molecular complexity index is 511. The van der Waals surface area contributed by atoms with Crippen LogP contribution in [0.2, 0.25) is 0 Å². The van der Waals surface area contributed by atoms with Gasteiger partial charge in [0.1, 0.15) is 11.8 Å². The van der Waals surface area contributed by atoms with E-state index >= 15 is 0 Å². The Balaban J connectivity index is 1.80. The van der Waals surface area contributed by atoms with Crippen molar-refractivity contribution in [2.24, 2.45) is 5.73 Å². The van der Waals surface area contributed by atoms with E-state index in [1.807, 2.05) is 0 Å². The van der Waals surface area contributed by atoms with Gasteiger partial charge >= 0.3 is 0 Å². The first-order valence-corrected chi connectivity index (χ1v) is 7.10. The van der Waals surface area contributed by atoms with Crippen molar-refractivity contribution in [2.75, 3.05) is 0 Å². The van der Waals surface area contributed by atoms with Gasteiger partial charge in [-0.3, -0.25) is 9.59 Å². The van der Waals surface area contributed by atoms with Crippen LogP contribution < -0.4 is 16.4 Å². The maximum Gasteiger partial charge on any atom is 0.242 e. The molecule has 1 aliphatic rings. The van der Waals surface area contributed by atoms with Crippen molar-refractivity contribution in [3.8, 4) is 5.75 Å². The molecular formula is C15H21N3O3. The maximum absolute atomic E-state index is 12.0. The van der Waals surface area contributed by atoms with Crippen LogP contribution in [0, 0.1) is 0 Å². The monoisotopic (exact) mass is 291 g/mol. The highest BCUT2D eigenvalue weighted by atomic mass is 16.3. The largest absolute Gasteiger partial charge is 0.508 e. The van der Waals surface area contributed by atoms with Gasteiger partial charge in [0, 0.05) is 6.04 Å². The fourth-order valence-corrected chi connectivity index (χ4v) is 1.92. The molecule has 0 saturated heterocycles. The molecule has 6 heteroatoms. The van der Waals surface area contributed by atoms with Crippen molar-refractivity contribution in [1.29, 1.82) is 0 Å². The van der Waals surface area contributed by atoms with E-state index in [4.69, 9.17) is 5.73 Å². The van der Waals surface area contributed by atoms with E-state index in [9.17, 15) is 14.7 Å². The van der Waals surface area contributed by atoms with Gasteiger partial charge in [-0.05, 0) is 43.9 Å². The smallest absolute Gasteiger partial charge is 0.242 e. The molecule has 0 bridgehead atoms. The quantitative estimate of drug-likeness (QED) is 0.594. The van der Waals surface area contributed by atoms with E-state index in [0.717, 1.165) is 18.4 Å². The molecule has 1 fully saturated rings. The predicted molar refractivity (Wildman–Crippen MR) is 78.6 cm³/mol. The van der Waals surface area contributed by atoms with Gasteiger partial charge in [0.2, 0.25) is 11.8 Å². The zero-order chi connectivity index (χ0) is 15.4. The number of hydrogen-bond acceptors (Lipinski definition) is 4. The summed E-state index contributed by atoms with van der Waals surface area (Å²) >= 11 is 0. The van der Waals surface area contributed by atoms with Gasteiger partial charge in [0.25, 0.3) is 0 Å². The van der Waals surface area contributed by atoms with Crippen molar-refractivity contribution in [1.82, 2.24) is 10.6 Å². The lowest BCUT2D eigenvalue weighted by Crippen LogP contribution is -2.51. The highest BCUT2D eigenvalue weighted by Gasteiger charge is 2.27. The summed E-state index contributed by atoms with van der Waals surface area (Å²) in [6, 6.07) is 5.46. The number of amides is 2. The van der Waals surface area contributed by atoms with Crippen LogP contribution in [-0.4, -0.2) is 35.0 Å². The van der Waals surface area contributed by atoms with Gasteiger partial charge in [0.15, 0.2) is 0 Å². The molecular weight excluding hydrogens is 270 g/mol. The van der Waals surface area contributed by atoms with Gasteiger partial charge in [-0.2, -0.15) is 0 Å². The molecule has 1 saturated carbocycles. The average Bonchev–Trinajstić information content (AvgIpc) is 3.25. The summed E-state index contributed by atoms with van der Waals surface area (Å²) in [6.07, 6.45) is 2.36. The number of nitrogens with two attached hydrogens (primary N) is 1. The SMILES string of the molecule is CC(NC(=O)C(N)Cc1ccc(O)cc1)C(=O)NC1CC1. The van der Waals surface area contributed by atoms with Crippen LogP contribution in [0.1, 0.15) is 25.3 Å². The Morgan fingerprint density at radius 1 is 1.29 bits per heavy atom. The number of rotatable bonds is 6. The third-order valence-electron chi connectivity index (χ3n) is 3.40. The summed E-state index contributed by atoms with van der Waals surface area (Å²) in [5.74, 6) is -0.369. The normalized spacial score (nSPS) is 16.9. The zero-order valence-corrected chi connectivity index (χ0v) is 12.0. The minimum absolute atomic E-state index is 0.169. The van der Waals surface area contributed by atoms with Crippen molar-refractivity contribution in [3.05, 3.63) is 29.8 Å². The van der Waals surface area contributed by atoms with E-state index in [1.165, 1.54) is 0 Å².